The van der Waals surface area contributed by atoms with Gasteiger partial charge in [0.2, 0.25) is 5.16 Å². The summed E-state index contributed by atoms with van der Waals surface area (Å²) in [7, 11) is 0. The van der Waals surface area contributed by atoms with E-state index in [4.69, 9.17) is 23.2 Å². The molecule has 4 nitrogen and oxygen atoms in total. The van der Waals surface area contributed by atoms with Gasteiger partial charge in [-0.15, -0.1) is 10.2 Å². The first kappa shape index (κ1) is 17.0. The molecule has 0 atom stereocenters. The van der Waals surface area contributed by atoms with Crippen molar-refractivity contribution in [3.63, 3.8) is 0 Å². The Bertz CT molecular complexity index is 859. The molecule has 0 radical (unpaired) electrons. The van der Waals surface area contributed by atoms with Crippen molar-refractivity contribution in [2.75, 3.05) is 0 Å². The highest BCUT2D eigenvalue weighted by Gasteiger charge is 2.05. The van der Waals surface area contributed by atoms with Crippen molar-refractivity contribution in [1.82, 2.24) is 14.9 Å². The van der Waals surface area contributed by atoms with Gasteiger partial charge in [-0.3, -0.25) is 0 Å². The molecule has 1 heterocycles. The number of thioether (sulfide) groups is 1. The van der Waals surface area contributed by atoms with Crippen LogP contribution in [0.4, 0.5) is 0 Å². The minimum absolute atomic E-state index is 0.498. The van der Waals surface area contributed by atoms with Crippen molar-refractivity contribution in [2.45, 2.75) is 17.8 Å². The number of rotatable bonds is 5. The molecule has 0 unspecified atom stereocenters. The van der Waals surface area contributed by atoms with Crippen molar-refractivity contribution >= 4 is 41.2 Å². The van der Waals surface area contributed by atoms with Crippen LogP contribution in [0.25, 0.3) is 0 Å². The number of hydrogen-bond acceptors (Lipinski definition) is 4. The Morgan fingerprint density at radius 1 is 1.12 bits per heavy atom. The fourth-order valence-electron chi connectivity index (χ4n) is 1.95. The number of halogens is 2. The number of hydrogen-bond donors (Lipinski definition) is 0. The second-order valence-electron chi connectivity index (χ2n) is 5.15. The Hall–Kier alpha value is -1.82. The van der Waals surface area contributed by atoms with E-state index in [1.54, 1.807) is 41.1 Å². The molecule has 0 fully saturated rings. The predicted molar refractivity (Wildman–Crippen MR) is 100 cm³/mol. The van der Waals surface area contributed by atoms with Gasteiger partial charge in [0, 0.05) is 5.75 Å². The molecule has 2 aromatic carbocycles. The van der Waals surface area contributed by atoms with Crippen molar-refractivity contribution < 1.29 is 0 Å². The predicted octanol–water partition coefficient (Wildman–Crippen LogP) is 5.07. The van der Waals surface area contributed by atoms with Crippen LogP contribution in [0.5, 0.6) is 0 Å². The first-order valence-electron chi connectivity index (χ1n) is 7.19. The van der Waals surface area contributed by atoms with E-state index in [1.165, 1.54) is 11.1 Å². The van der Waals surface area contributed by atoms with Gasteiger partial charge < -0.3 is 0 Å². The molecule has 24 heavy (non-hydrogen) atoms. The molecule has 0 saturated heterocycles. The molecule has 0 saturated carbocycles. The summed E-state index contributed by atoms with van der Waals surface area (Å²) in [5.74, 6) is 0.807. The topological polar surface area (TPSA) is 43.1 Å². The largest absolute Gasteiger partial charge is 0.212 e. The maximum absolute atomic E-state index is 6.01. The monoisotopic (exact) mass is 376 g/mol. The third-order valence-electron chi connectivity index (χ3n) is 3.26. The van der Waals surface area contributed by atoms with E-state index in [9.17, 15) is 0 Å². The molecule has 1 aromatic heterocycles. The molecule has 0 N–H and O–H groups in total. The summed E-state index contributed by atoms with van der Waals surface area (Å²) in [6, 6.07) is 13.8. The molecular weight excluding hydrogens is 363 g/mol. The highest BCUT2D eigenvalue weighted by molar-refractivity contribution is 7.98. The molecule has 0 amide bonds. The molecule has 0 bridgehead atoms. The quantitative estimate of drug-likeness (QED) is 0.461. The van der Waals surface area contributed by atoms with E-state index in [0.717, 1.165) is 16.5 Å². The molecule has 0 aliphatic heterocycles. The summed E-state index contributed by atoms with van der Waals surface area (Å²) in [5.41, 5.74) is 3.33. The van der Waals surface area contributed by atoms with Gasteiger partial charge in [0.25, 0.3) is 0 Å². The minimum Gasteiger partial charge on any atom is -0.195 e. The van der Waals surface area contributed by atoms with Crippen LogP contribution in [0.15, 0.2) is 59.0 Å². The normalized spacial score (nSPS) is 11.3. The second kappa shape index (κ2) is 7.83. The summed E-state index contributed by atoms with van der Waals surface area (Å²) < 4.78 is 1.64. The Labute approximate surface area is 154 Å². The Morgan fingerprint density at radius 2 is 1.92 bits per heavy atom. The lowest BCUT2D eigenvalue weighted by molar-refractivity contribution is 0.767. The zero-order valence-electron chi connectivity index (χ0n) is 12.9. The summed E-state index contributed by atoms with van der Waals surface area (Å²) in [5, 5.41) is 14.2. The van der Waals surface area contributed by atoms with Crippen LogP contribution in [0.3, 0.4) is 0 Å². The molecule has 7 heteroatoms. The first-order chi connectivity index (χ1) is 11.6. The lowest BCUT2D eigenvalue weighted by Gasteiger charge is -2.02. The van der Waals surface area contributed by atoms with Crippen LogP contribution in [0, 0.1) is 6.92 Å². The average Bonchev–Trinajstić information content (AvgIpc) is 3.03. The van der Waals surface area contributed by atoms with Crippen molar-refractivity contribution in [2.24, 2.45) is 5.10 Å². The highest BCUT2D eigenvalue weighted by atomic mass is 35.5. The van der Waals surface area contributed by atoms with Gasteiger partial charge in [-0.25, -0.2) is 0 Å². The maximum atomic E-state index is 6.01. The number of aromatic nitrogens is 3. The Kier molecular flexibility index (Phi) is 5.56. The average molecular weight is 377 g/mol. The van der Waals surface area contributed by atoms with Crippen LogP contribution in [-0.4, -0.2) is 21.1 Å². The number of benzene rings is 2. The van der Waals surface area contributed by atoms with E-state index in [2.05, 4.69) is 46.5 Å². The summed E-state index contributed by atoms with van der Waals surface area (Å²) in [6.45, 7) is 2.07. The zero-order valence-corrected chi connectivity index (χ0v) is 15.2. The lowest BCUT2D eigenvalue weighted by Crippen LogP contribution is -1.93. The lowest BCUT2D eigenvalue weighted by atomic mass is 10.2. The maximum Gasteiger partial charge on any atom is 0.212 e. The fraction of sp³-hybridized carbons (Fsp3) is 0.118. The summed E-state index contributed by atoms with van der Waals surface area (Å²) in [4.78, 5) is 0. The van der Waals surface area contributed by atoms with E-state index in [-0.39, 0.29) is 0 Å². The van der Waals surface area contributed by atoms with Crippen LogP contribution >= 0.6 is 35.0 Å². The fourth-order valence-corrected chi connectivity index (χ4v) is 3.07. The SMILES string of the molecule is Cc1ccc(CSc2nncn2N=Cc2ccc(Cl)c(Cl)c2)cc1. The Balaban J connectivity index is 1.69. The molecule has 122 valence electrons. The standard InChI is InChI=1S/C17H14Cl2N4S/c1-12-2-4-13(5-3-12)10-24-17-22-20-11-23(17)21-9-14-6-7-15(18)16(19)8-14/h2-9,11H,10H2,1H3. The van der Waals surface area contributed by atoms with E-state index in [1.807, 2.05) is 6.07 Å². The third kappa shape index (κ3) is 4.38. The molecule has 3 rings (SSSR count). The smallest absolute Gasteiger partial charge is 0.195 e. The third-order valence-corrected chi connectivity index (χ3v) is 5.01. The van der Waals surface area contributed by atoms with Gasteiger partial charge in [-0.05, 0) is 30.2 Å². The van der Waals surface area contributed by atoms with Crippen molar-refractivity contribution in [3.05, 3.63) is 75.5 Å². The van der Waals surface area contributed by atoms with E-state index >= 15 is 0 Å². The van der Waals surface area contributed by atoms with Crippen LogP contribution < -0.4 is 0 Å². The van der Waals surface area contributed by atoms with Gasteiger partial charge in [0.1, 0.15) is 6.33 Å². The highest BCUT2D eigenvalue weighted by Crippen LogP contribution is 2.23. The molecule has 0 aliphatic carbocycles. The van der Waals surface area contributed by atoms with Gasteiger partial charge >= 0.3 is 0 Å². The number of nitrogens with zero attached hydrogens (tertiary/aromatic N) is 4. The Morgan fingerprint density at radius 3 is 2.67 bits per heavy atom. The van der Waals surface area contributed by atoms with Crippen LogP contribution in [0.1, 0.15) is 16.7 Å². The summed E-state index contributed by atoms with van der Waals surface area (Å²) in [6.07, 6.45) is 3.27. The zero-order chi connectivity index (χ0) is 16.9. The van der Waals surface area contributed by atoms with Gasteiger partial charge in [0.15, 0.2) is 0 Å². The second-order valence-corrected chi connectivity index (χ2v) is 6.91. The van der Waals surface area contributed by atoms with E-state index < -0.39 is 0 Å². The first-order valence-corrected chi connectivity index (χ1v) is 8.94. The van der Waals surface area contributed by atoms with Crippen molar-refractivity contribution in [3.8, 4) is 0 Å². The van der Waals surface area contributed by atoms with Gasteiger partial charge in [-0.1, -0.05) is 70.9 Å². The minimum atomic E-state index is 0.498. The summed E-state index contributed by atoms with van der Waals surface area (Å²) >= 11 is 13.5. The molecule has 0 aliphatic rings. The molecular formula is C17H14Cl2N4S. The molecule has 0 spiro atoms. The molecule has 3 aromatic rings. The number of aryl methyl sites for hydroxylation is 1. The van der Waals surface area contributed by atoms with Crippen LogP contribution in [0.2, 0.25) is 10.0 Å². The van der Waals surface area contributed by atoms with E-state index in [0.29, 0.717) is 10.0 Å². The van der Waals surface area contributed by atoms with Crippen LogP contribution in [-0.2, 0) is 5.75 Å². The van der Waals surface area contributed by atoms with Gasteiger partial charge in [-0.2, -0.15) is 9.78 Å². The van der Waals surface area contributed by atoms with Crippen molar-refractivity contribution in [1.29, 1.82) is 0 Å². The van der Waals surface area contributed by atoms with Gasteiger partial charge in [0.05, 0.1) is 16.3 Å².